The Kier molecular flexibility index (Phi) is 7.14. The average molecular weight is 526 g/mol. The number of amides is 2. The number of benzene rings is 2. The summed E-state index contributed by atoms with van der Waals surface area (Å²) >= 11 is 1.07. The molecule has 0 spiro atoms. The molecule has 2 aromatic carbocycles. The number of anilines is 3. The first-order valence-electron chi connectivity index (χ1n) is 11.6. The van der Waals surface area contributed by atoms with Crippen molar-refractivity contribution in [1.29, 1.82) is 0 Å². The van der Waals surface area contributed by atoms with Gasteiger partial charge in [-0.15, -0.1) is 0 Å². The fourth-order valence-electron chi connectivity index (χ4n) is 4.30. The largest absolute Gasteiger partial charge is 0.444 e. The van der Waals surface area contributed by atoms with Crippen molar-refractivity contribution in [2.24, 2.45) is 5.92 Å². The van der Waals surface area contributed by atoms with Gasteiger partial charge in [0.05, 0.1) is 22.6 Å². The molecule has 2 aliphatic rings. The summed E-state index contributed by atoms with van der Waals surface area (Å²) in [7, 11) is 0. The molecule has 2 atom stereocenters. The molecule has 1 heterocycles. The molecule has 0 aromatic heterocycles. The van der Waals surface area contributed by atoms with Crippen LogP contribution in [0.5, 0.6) is 0 Å². The van der Waals surface area contributed by atoms with Crippen LogP contribution in [-0.4, -0.2) is 23.6 Å². The summed E-state index contributed by atoms with van der Waals surface area (Å²) in [6.07, 6.45) is -2.99. The van der Waals surface area contributed by atoms with Gasteiger partial charge in [0, 0.05) is 21.8 Å². The fraction of sp³-hybridized carbons (Fsp3) is 0.440. The zero-order valence-electron chi connectivity index (χ0n) is 20.0. The Morgan fingerprint density at radius 2 is 1.83 bits per heavy atom. The number of hydrogen-bond acceptors (Lipinski definition) is 5. The fourth-order valence-corrected chi connectivity index (χ4v) is 5.34. The highest BCUT2D eigenvalue weighted by Gasteiger charge is 2.35. The van der Waals surface area contributed by atoms with Gasteiger partial charge in [0.2, 0.25) is 5.91 Å². The van der Waals surface area contributed by atoms with Crippen LogP contribution in [0.25, 0.3) is 0 Å². The summed E-state index contributed by atoms with van der Waals surface area (Å²) in [5.74, 6) is -1.44. The molecule has 36 heavy (non-hydrogen) atoms. The van der Waals surface area contributed by atoms with E-state index < -0.39 is 41.1 Å². The summed E-state index contributed by atoms with van der Waals surface area (Å²) in [6.45, 7) is 5.25. The van der Waals surface area contributed by atoms with Crippen molar-refractivity contribution in [2.45, 2.75) is 74.1 Å². The number of hydrogen-bond donors (Lipinski definition) is 3. The summed E-state index contributed by atoms with van der Waals surface area (Å²) in [4.78, 5) is 26.1. The van der Waals surface area contributed by atoms with E-state index in [2.05, 4.69) is 16.0 Å². The average Bonchev–Trinajstić information content (AvgIpc) is 2.76. The number of halogens is 4. The highest BCUT2D eigenvalue weighted by atomic mass is 32.2. The van der Waals surface area contributed by atoms with Gasteiger partial charge in [0.15, 0.2) is 0 Å². The van der Waals surface area contributed by atoms with E-state index in [0.29, 0.717) is 36.3 Å². The van der Waals surface area contributed by atoms with Gasteiger partial charge in [-0.25, -0.2) is 9.18 Å². The van der Waals surface area contributed by atoms with Crippen molar-refractivity contribution in [3.63, 3.8) is 0 Å². The molecule has 1 aliphatic carbocycles. The summed E-state index contributed by atoms with van der Waals surface area (Å²) in [6, 6.07) is 5.58. The van der Waals surface area contributed by atoms with Crippen LogP contribution in [0.15, 0.2) is 40.1 Å². The van der Waals surface area contributed by atoms with E-state index >= 15 is 0 Å². The number of carbonyl (C=O) groups excluding carboxylic acids is 2. The highest BCUT2D eigenvalue weighted by Crippen LogP contribution is 2.49. The van der Waals surface area contributed by atoms with Crippen LogP contribution in [-0.2, 0) is 15.7 Å². The number of ether oxygens (including phenoxy) is 1. The molecule has 0 saturated heterocycles. The van der Waals surface area contributed by atoms with E-state index in [-0.39, 0.29) is 22.3 Å². The minimum atomic E-state index is -4.62. The monoisotopic (exact) mass is 525 g/mol. The van der Waals surface area contributed by atoms with Crippen LogP contribution in [0.1, 0.15) is 52.0 Å². The van der Waals surface area contributed by atoms with Crippen molar-refractivity contribution >= 4 is 40.8 Å². The minimum Gasteiger partial charge on any atom is -0.444 e. The Morgan fingerprint density at radius 3 is 2.53 bits per heavy atom. The molecule has 11 heteroatoms. The van der Waals surface area contributed by atoms with Crippen LogP contribution in [0.2, 0.25) is 0 Å². The van der Waals surface area contributed by atoms with Crippen molar-refractivity contribution in [2.75, 3.05) is 10.6 Å². The molecule has 1 aliphatic heterocycles. The highest BCUT2D eigenvalue weighted by molar-refractivity contribution is 7.99. The van der Waals surface area contributed by atoms with Crippen molar-refractivity contribution in [3.8, 4) is 0 Å². The Hall–Kier alpha value is -2.95. The van der Waals surface area contributed by atoms with E-state index in [9.17, 15) is 27.2 Å². The predicted octanol–water partition coefficient (Wildman–Crippen LogP) is 7.07. The summed E-state index contributed by atoms with van der Waals surface area (Å²) in [5, 5.41) is 8.41. The topological polar surface area (TPSA) is 79.5 Å². The Bertz CT molecular complexity index is 1180. The van der Waals surface area contributed by atoms with Gasteiger partial charge in [0.25, 0.3) is 0 Å². The maximum atomic E-state index is 13.8. The van der Waals surface area contributed by atoms with Gasteiger partial charge >= 0.3 is 12.3 Å². The molecular weight excluding hydrogens is 498 g/mol. The molecule has 6 nitrogen and oxygen atoms in total. The number of alkyl carbamates (subject to hydrolysis) is 1. The second-order valence-corrected chi connectivity index (χ2v) is 11.0. The van der Waals surface area contributed by atoms with Gasteiger partial charge in [-0.1, -0.05) is 18.2 Å². The number of fused-ring (bicyclic) bond motifs is 2. The van der Waals surface area contributed by atoms with Crippen molar-refractivity contribution in [1.82, 2.24) is 5.32 Å². The van der Waals surface area contributed by atoms with E-state index in [0.717, 1.165) is 23.9 Å². The lowest BCUT2D eigenvalue weighted by atomic mass is 9.85. The molecule has 3 N–H and O–H groups in total. The molecule has 2 unspecified atom stereocenters. The molecule has 2 amide bonds. The molecule has 1 saturated carbocycles. The van der Waals surface area contributed by atoms with Gasteiger partial charge < -0.3 is 20.7 Å². The number of rotatable bonds is 3. The molecule has 4 rings (SSSR count). The van der Waals surface area contributed by atoms with Crippen LogP contribution in [0.4, 0.5) is 39.4 Å². The molecule has 194 valence electrons. The molecule has 1 fully saturated rings. The van der Waals surface area contributed by atoms with Crippen molar-refractivity contribution < 1.29 is 31.9 Å². The van der Waals surface area contributed by atoms with Gasteiger partial charge in [-0.3, -0.25) is 4.79 Å². The lowest BCUT2D eigenvalue weighted by molar-refractivity contribution is -0.137. The zero-order chi connectivity index (χ0) is 26.3. The van der Waals surface area contributed by atoms with Crippen LogP contribution >= 0.6 is 11.8 Å². The first-order valence-corrected chi connectivity index (χ1v) is 12.4. The number of alkyl halides is 3. The third kappa shape index (κ3) is 6.24. The van der Waals surface area contributed by atoms with Gasteiger partial charge in [0.1, 0.15) is 11.4 Å². The summed E-state index contributed by atoms with van der Waals surface area (Å²) < 4.78 is 59.9. The predicted molar refractivity (Wildman–Crippen MR) is 129 cm³/mol. The number of nitrogens with one attached hydrogen (secondary N) is 3. The van der Waals surface area contributed by atoms with E-state index in [1.54, 1.807) is 20.8 Å². The molecule has 2 aromatic rings. The second-order valence-electron chi connectivity index (χ2n) is 9.96. The van der Waals surface area contributed by atoms with Crippen molar-refractivity contribution in [3.05, 3.63) is 41.7 Å². The minimum absolute atomic E-state index is 0.0329. The first kappa shape index (κ1) is 26.1. The Balaban J connectivity index is 1.54. The molecular formula is C25H27F4N3O3S. The maximum Gasteiger partial charge on any atom is 0.416 e. The van der Waals surface area contributed by atoms with Crippen LogP contribution < -0.4 is 16.0 Å². The molecule has 0 radical (unpaired) electrons. The first-order chi connectivity index (χ1) is 16.8. The van der Waals surface area contributed by atoms with E-state index in [1.807, 2.05) is 0 Å². The standard InChI is InChI=1S/C25H27F4N3O3S/c1-24(2,3)35-23(34)30-16-6-4-5-13(9-16)22(33)32-18-10-14(25(27,28)29)11-20-21(18)31-17-12-15(26)7-8-19(17)36-20/h7-8,10-13,16,31H,4-6,9H2,1-3H3,(H,30,34)(H,32,33). The van der Waals surface area contributed by atoms with Gasteiger partial charge in [-0.05, 0) is 70.4 Å². The SMILES string of the molecule is CC(C)(C)OC(=O)NC1CCCC(C(=O)Nc2cc(C(F)(F)F)cc3c2Nc2cc(F)ccc2S3)C1. The molecule has 0 bridgehead atoms. The Labute approximate surface area is 210 Å². The number of carbonyl (C=O) groups is 2. The second kappa shape index (κ2) is 9.84. The van der Waals surface area contributed by atoms with E-state index in [1.165, 1.54) is 18.2 Å². The normalized spacial score (nSPS) is 19.4. The van der Waals surface area contributed by atoms with E-state index in [4.69, 9.17) is 4.74 Å². The zero-order valence-corrected chi connectivity index (χ0v) is 20.8. The smallest absolute Gasteiger partial charge is 0.416 e. The maximum absolute atomic E-state index is 13.8. The van der Waals surface area contributed by atoms with Gasteiger partial charge in [-0.2, -0.15) is 13.2 Å². The summed E-state index contributed by atoms with van der Waals surface area (Å²) in [5.41, 5.74) is -0.912. The van der Waals surface area contributed by atoms with Crippen LogP contribution in [0, 0.1) is 11.7 Å². The lowest BCUT2D eigenvalue weighted by Gasteiger charge is -2.30. The van der Waals surface area contributed by atoms with Crippen LogP contribution in [0.3, 0.4) is 0 Å². The third-order valence-electron chi connectivity index (χ3n) is 5.87. The Morgan fingerprint density at radius 1 is 1.08 bits per heavy atom. The third-order valence-corrected chi connectivity index (χ3v) is 6.99. The quantitative estimate of drug-likeness (QED) is 0.319. The lowest BCUT2D eigenvalue weighted by Crippen LogP contribution is -2.43.